The van der Waals surface area contributed by atoms with E-state index in [1.165, 1.54) is 4.90 Å². The third-order valence-corrected chi connectivity index (χ3v) is 3.23. The summed E-state index contributed by atoms with van der Waals surface area (Å²) in [6, 6.07) is 2.98. The third kappa shape index (κ3) is 2.70. The third-order valence-electron chi connectivity index (χ3n) is 3.23. The Kier molecular flexibility index (Phi) is 3.75. The molecular weight excluding hydrogens is 255 g/mol. The van der Waals surface area contributed by atoms with Crippen LogP contribution in [0.4, 0.5) is 10.1 Å². The van der Waals surface area contributed by atoms with Gasteiger partial charge in [-0.25, -0.2) is 4.39 Å². The topological polar surface area (TPSA) is 83.7 Å². The van der Waals surface area contributed by atoms with Gasteiger partial charge in [0.1, 0.15) is 5.82 Å². The summed E-state index contributed by atoms with van der Waals surface area (Å²) in [5.74, 6) is -1.37. The normalized spacial score (nSPS) is 18.6. The Labute approximate surface area is 108 Å². The lowest BCUT2D eigenvalue weighted by molar-refractivity contribution is -0.385. The van der Waals surface area contributed by atoms with Crippen LogP contribution >= 0.6 is 0 Å². The van der Waals surface area contributed by atoms with Gasteiger partial charge in [0.15, 0.2) is 0 Å². The van der Waals surface area contributed by atoms with Crippen molar-refractivity contribution in [3.05, 3.63) is 39.7 Å². The molecule has 0 spiro atoms. The Bertz CT molecular complexity index is 520. The fourth-order valence-corrected chi connectivity index (χ4v) is 2.13. The number of aliphatic hydroxyl groups excluding tert-OH is 1. The van der Waals surface area contributed by atoms with Crippen LogP contribution in [0.5, 0.6) is 0 Å². The van der Waals surface area contributed by atoms with Crippen molar-refractivity contribution < 1.29 is 19.2 Å². The second-order valence-corrected chi connectivity index (χ2v) is 4.51. The van der Waals surface area contributed by atoms with Gasteiger partial charge in [0.2, 0.25) is 0 Å². The Morgan fingerprint density at radius 2 is 2.32 bits per heavy atom. The number of likely N-dealkylation sites (tertiary alicyclic amines) is 1. The van der Waals surface area contributed by atoms with E-state index in [0.29, 0.717) is 19.5 Å². The van der Waals surface area contributed by atoms with Gasteiger partial charge in [0.25, 0.3) is 11.6 Å². The molecular formula is C12H13FN2O4. The van der Waals surface area contributed by atoms with Crippen molar-refractivity contribution in [2.75, 3.05) is 19.7 Å². The van der Waals surface area contributed by atoms with Gasteiger partial charge in [0.05, 0.1) is 16.6 Å². The number of halogens is 1. The van der Waals surface area contributed by atoms with Crippen LogP contribution in [0.3, 0.4) is 0 Å². The first kappa shape index (κ1) is 13.4. The Balaban J connectivity index is 2.18. The summed E-state index contributed by atoms with van der Waals surface area (Å²) >= 11 is 0. The van der Waals surface area contributed by atoms with Crippen LogP contribution in [0.25, 0.3) is 0 Å². The molecule has 1 atom stereocenters. The van der Waals surface area contributed by atoms with Gasteiger partial charge >= 0.3 is 0 Å². The second kappa shape index (κ2) is 5.31. The number of rotatable bonds is 3. The van der Waals surface area contributed by atoms with Crippen LogP contribution in [0.15, 0.2) is 18.2 Å². The van der Waals surface area contributed by atoms with Crippen molar-refractivity contribution in [2.45, 2.75) is 6.42 Å². The molecule has 0 bridgehead atoms. The molecule has 1 amide bonds. The molecule has 102 valence electrons. The molecule has 1 unspecified atom stereocenters. The predicted octanol–water partition coefficient (Wildman–Crippen LogP) is 1.19. The number of non-ortho nitro benzene ring substituents is 1. The van der Waals surface area contributed by atoms with Crippen molar-refractivity contribution in [1.82, 2.24) is 4.90 Å². The molecule has 1 aliphatic rings. The highest BCUT2D eigenvalue weighted by atomic mass is 19.1. The molecule has 1 N–H and O–H groups in total. The van der Waals surface area contributed by atoms with Crippen LogP contribution in [-0.2, 0) is 0 Å². The van der Waals surface area contributed by atoms with Gasteiger partial charge in [-0.2, -0.15) is 0 Å². The zero-order chi connectivity index (χ0) is 14.0. The van der Waals surface area contributed by atoms with Crippen molar-refractivity contribution >= 4 is 11.6 Å². The maximum atomic E-state index is 13.7. The SMILES string of the molecule is O=C(c1ccc([N+](=O)[O-])cc1F)N1CCC(CO)C1. The number of nitro groups is 1. The molecule has 1 aromatic rings. The first-order chi connectivity index (χ1) is 9.02. The summed E-state index contributed by atoms with van der Waals surface area (Å²) in [6.45, 7) is 0.832. The highest BCUT2D eigenvalue weighted by Gasteiger charge is 2.28. The first-order valence-corrected chi connectivity index (χ1v) is 5.87. The minimum Gasteiger partial charge on any atom is -0.396 e. The number of nitrogens with zero attached hydrogens (tertiary/aromatic N) is 2. The summed E-state index contributed by atoms with van der Waals surface area (Å²) in [4.78, 5) is 23.3. The van der Waals surface area contributed by atoms with Crippen molar-refractivity contribution in [2.24, 2.45) is 5.92 Å². The van der Waals surface area contributed by atoms with Gasteiger partial charge < -0.3 is 10.0 Å². The summed E-state index contributed by atoms with van der Waals surface area (Å²) < 4.78 is 13.7. The highest BCUT2D eigenvalue weighted by Crippen LogP contribution is 2.22. The van der Waals surface area contributed by atoms with E-state index in [1.54, 1.807) is 0 Å². The highest BCUT2D eigenvalue weighted by molar-refractivity contribution is 5.94. The number of nitro benzene ring substituents is 1. The van der Waals surface area contributed by atoms with Crippen LogP contribution in [-0.4, -0.2) is 40.5 Å². The zero-order valence-corrected chi connectivity index (χ0v) is 10.1. The molecule has 1 fully saturated rings. The maximum Gasteiger partial charge on any atom is 0.272 e. The van der Waals surface area contributed by atoms with E-state index in [9.17, 15) is 19.3 Å². The Morgan fingerprint density at radius 3 is 2.84 bits per heavy atom. The molecule has 2 rings (SSSR count). The summed E-state index contributed by atoms with van der Waals surface area (Å²) in [5, 5.41) is 19.5. The molecule has 6 nitrogen and oxygen atoms in total. The van der Waals surface area contributed by atoms with E-state index >= 15 is 0 Å². The predicted molar refractivity (Wildman–Crippen MR) is 64.2 cm³/mol. The molecule has 1 aliphatic heterocycles. The monoisotopic (exact) mass is 268 g/mol. The molecule has 0 aromatic heterocycles. The van der Waals surface area contributed by atoms with E-state index < -0.39 is 16.6 Å². The van der Waals surface area contributed by atoms with Gasteiger partial charge in [0, 0.05) is 31.7 Å². The fourth-order valence-electron chi connectivity index (χ4n) is 2.13. The largest absolute Gasteiger partial charge is 0.396 e. The molecule has 7 heteroatoms. The molecule has 0 aliphatic carbocycles. The second-order valence-electron chi connectivity index (χ2n) is 4.51. The van der Waals surface area contributed by atoms with Gasteiger partial charge in [-0.05, 0) is 12.5 Å². The fraction of sp³-hybridized carbons (Fsp3) is 0.417. The lowest BCUT2D eigenvalue weighted by atomic mass is 10.1. The standard InChI is InChI=1S/C12H13FN2O4/c13-11-5-9(15(18)19)1-2-10(11)12(17)14-4-3-8(6-14)7-16/h1-2,5,8,16H,3-4,6-7H2. The number of carbonyl (C=O) groups is 1. The lowest BCUT2D eigenvalue weighted by Crippen LogP contribution is -2.29. The van der Waals surface area contributed by atoms with Crippen molar-refractivity contribution in [3.8, 4) is 0 Å². The number of hydrogen-bond acceptors (Lipinski definition) is 4. The summed E-state index contributed by atoms with van der Waals surface area (Å²) in [6.07, 6.45) is 0.677. The van der Waals surface area contributed by atoms with Crippen LogP contribution < -0.4 is 0 Å². The summed E-state index contributed by atoms with van der Waals surface area (Å²) in [5.41, 5.74) is -0.562. The van der Waals surface area contributed by atoms with Gasteiger partial charge in [-0.3, -0.25) is 14.9 Å². The number of carbonyl (C=O) groups excluding carboxylic acids is 1. The lowest BCUT2D eigenvalue weighted by Gasteiger charge is -2.16. The molecule has 0 radical (unpaired) electrons. The van der Waals surface area contributed by atoms with Crippen molar-refractivity contribution in [3.63, 3.8) is 0 Å². The van der Waals surface area contributed by atoms with E-state index in [4.69, 9.17) is 5.11 Å². The molecule has 19 heavy (non-hydrogen) atoms. The Hall–Kier alpha value is -2.02. The number of aliphatic hydroxyl groups is 1. The molecule has 1 saturated heterocycles. The Morgan fingerprint density at radius 1 is 1.58 bits per heavy atom. The summed E-state index contributed by atoms with van der Waals surface area (Å²) in [7, 11) is 0. The zero-order valence-electron chi connectivity index (χ0n) is 10.1. The average molecular weight is 268 g/mol. The van der Waals surface area contributed by atoms with E-state index in [1.807, 2.05) is 0 Å². The van der Waals surface area contributed by atoms with E-state index in [2.05, 4.69) is 0 Å². The average Bonchev–Trinajstić information content (AvgIpc) is 2.86. The number of amides is 1. The number of hydrogen-bond donors (Lipinski definition) is 1. The molecule has 0 saturated carbocycles. The first-order valence-electron chi connectivity index (χ1n) is 5.87. The minimum absolute atomic E-state index is 0.00742. The van der Waals surface area contributed by atoms with Gasteiger partial charge in [-0.1, -0.05) is 0 Å². The minimum atomic E-state index is -0.897. The van der Waals surface area contributed by atoms with Crippen LogP contribution in [0.2, 0.25) is 0 Å². The maximum absolute atomic E-state index is 13.7. The van der Waals surface area contributed by atoms with Crippen molar-refractivity contribution in [1.29, 1.82) is 0 Å². The molecule has 1 heterocycles. The van der Waals surface area contributed by atoms with Crippen LogP contribution in [0.1, 0.15) is 16.8 Å². The van der Waals surface area contributed by atoms with E-state index in [-0.39, 0.29) is 23.8 Å². The quantitative estimate of drug-likeness (QED) is 0.659. The van der Waals surface area contributed by atoms with E-state index in [0.717, 1.165) is 18.2 Å². The van der Waals surface area contributed by atoms with Gasteiger partial charge in [-0.15, -0.1) is 0 Å². The number of benzene rings is 1. The molecule has 1 aromatic carbocycles. The van der Waals surface area contributed by atoms with Crippen LogP contribution in [0, 0.1) is 21.8 Å². The smallest absolute Gasteiger partial charge is 0.272 e.